The number of fused-ring (bicyclic) bond motifs is 1. The molecule has 0 bridgehead atoms. The second-order valence-corrected chi connectivity index (χ2v) is 4.90. The van der Waals surface area contributed by atoms with Crippen LogP contribution in [0.4, 0.5) is 0 Å². The number of carbonyl (C=O) groups is 1. The Hall–Kier alpha value is -1.67. The first-order valence-corrected chi connectivity index (χ1v) is 5.88. The van der Waals surface area contributed by atoms with Gasteiger partial charge in [0.05, 0.1) is 5.60 Å². The number of aldehydes is 1. The molecule has 0 unspecified atom stereocenters. The normalized spacial score (nSPS) is 27.7. The highest BCUT2D eigenvalue weighted by Crippen LogP contribution is 2.45. The van der Waals surface area contributed by atoms with E-state index in [1.807, 2.05) is 36.4 Å². The minimum Gasteiger partial charge on any atom is -0.385 e. The first-order valence-electron chi connectivity index (χ1n) is 5.88. The van der Waals surface area contributed by atoms with Crippen molar-refractivity contribution in [1.29, 1.82) is 0 Å². The highest BCUT2D eigenvalue weighted by molar-refractivity contribution is 5.83. The maximum Gasteiger partial charge on any atom is 0.123 e. The molecule has 0 radical (unpaired) electrons. The average Bonchev–Trinajstić information content (AvgIpc) is 2.34. The summed E-state index contributed by atoms with van der Waals surface area (Å²) in [6, 6.07) is 14.1. The van der Waals surface area contributed by atoms with E-state index in [1.165, 1.54) is 5.39 Å². The van der Waals surface area contributed by atoms with E-state index in [-0.39, 0.29) is 5.92 Å². The molecular weight excluding hydrogens is 212 g/mol. The highest BCUT2D eigenvalue weighted by Gasteiger charge is 2.43. The van der Waals surface area contributed by atoms with Gasteiger partial charge in [-0.05, 0) is 35.2 Å². The van der Waals surface area contributed by atoms with E-state index >= 15 is 0 Å². The molecule has 2 heteroatoms. The van der Waals surface area contributed by atoms with Crippen molar-refractivity contribution < 1.29 is 9.90 Å². The van der Waals surface area contributed by atoms with Crippen molar-refractivity contribution in [3.63, 3.8) is 0 Å². The predicted molar refractivity (Wildman–Crippen MR) is 66.6 cm³/mol. The molecular formula is C15H14O2. The lowest BCUT2D eigenvalue weighted by atomic mass is 9.68. The zero-order valence-electron chi connectivity index (χ0n) is 9.47. The van der Waals surface area contributed by atoms with E-state index in [0.29, 0.717) is 12.8 Å². The molecule has 3 rings (SSSR count). The van der Waals surface area contributed by atoms with Crippen molar-refractivity contribution in [2.75, 3.05) is 0 Å². The van der Waals surface area contributed by atoms with Crippen LogP contribution in [0.3, 0.4) is 0 Å². The summed E-state index contributed by atoms with van der Waals surface area (Å²) in [5.41, 5.74) is 0.129. The Morgan fingerprint density at radius 1 is 1.12 bits per heavy atom. The van der Waals surface area contributed by atoms with Crippen LogP contribution in [0.1, 0.15) is 18.4 Å². The van der Waals surface area contributed by atoms with Gasteiger partial charge in [-0.2, -0.15) is 0 Å². The largest absolute Gasteiger partial charge is 0.385 e. The molecule has 0 aromatic heterocycles. The molecule has 1 aliphatic carbocycles. The van der Waals surface area contributed by atoms with Crippen LogP contribution in [0.2, 0.25) is 0 Å². The Kier molecular flexibility index (Phi) is 2.26. The molecule has 0 spiro atoms. The van der Waals surface area contributed by atoms with E-state index < -0.39 is 5.60 Å². The maximum absolute atomic E-state index is 10.6. The number of hydrogen-bond acceptors (Lipinski definition) is 2. The molecule has 17 heavy (non-hydrogen) atoms. The molecule has 0 heterocycles. The number of benzene rings is 2. The van der Waals surface area contributed by atoms with E-state index in [0.717, 1.165) is 17.2 Å². The highest BCUT2D eigenvalue weighted by atomic mass is 16.3. The van der Waals surface area contributed by atoms with Gasteiger partial charge < -0.3 is 9.90 Å². The van der Waals surface area contributed by atoms with Gasteiger partial charge in [0, 0.05) is 5.92 Å². The molecule has 0 saturated heterocycles. The van der Waals surface area contributed by atoms with E-state index in [2.05, 4.69) is 6.07 Å². The van der Waals surface area contributed by atoms with Crippen LogP contribution >= 0.6 is 0 Å². The molecule has 0 atom stereocenters. The molecule has 1 aliphatic rings. The minimum atomic E-state index is -0.796. The third kappa shape index (κ3) is 1.65. The second kappa shape index (κ2) is 3.67. The fraction of sp³-hybridized carbons (Fsp3) is 0.267. The molecule has 1 fully saturated rings. The standard InChI is InChI=1S/C15H14O2/c16-10-11-8-15(17,9-11)14-6-5-12-3-1-2-4-13(12)7-14/h1-7,10-11,17H,8-9H2. The number of aliphatic hydroxyl groups is 1. The summed E-state index contributed by atoms with van der Waals surface area (Å²) in [6.45, 7) is 0. The predicted octanol–water partition coefficient (Wildman–Crippen LogP) is 2.64. The molecule has 2 aromatic rings. The monoisotopic (exact) mass is 226 g/mol. The molecule has 86 valence electrons. The number of hydrogen-bond donors (Lipinski definition) is 1. The molecule has 1 N–H and O–H groups in total. The first kappa shape index (κ1) is 10.5. The zero-order valence-corrected chi connectivity index (χ0v) is 9.47. The summed E-state index contributed by atoms with van der Waals surface area (Å²) in [7, 11) is 0. The summed E-state index contributed by atoms with van der Waals surface area (Å²) in [5, 5.41) is 12.7. The van der Waals surface area contributed by atoms with Gasteiger partial charge in [0.2, 0.25) is 0 Å². The minimum absolute atomic E-state index is 0.0199. The summed E-state index contributed by atoms with van der Waals surface area (Å²) < 4.78 is 0. The lowest BCUT2D eigenvalue weighted by molar-refractivity contribution is -0.128. The molecule has 2 nitrogen and oxygen atoms in total. The van der Waals surface area contributed by atoms with Crippen LogP contribution in [-0.4, -0.2) is 11.4 Å². The fourth-order valence-electron chi connectivity index (χ4n) is 2.62. The smallest absolute Gasteiger partial charge is 0.123 e. The summed E-state index contributed by atoms with van der Waals surface area (Å²) in [4.78, 5) is 10.6. The van der Waals surface area contributed by atoms with Crippen molar-refractivity contribution in [2.45, 2.75) is 18.4 Å². The van der Waals surface area contributed by atoms with Crippen molar-refractivity contribution in [2.24, 2.45) is 5.92 Å². The molecule has 0 amide bonds. The van der Waals surface area contributed by atoms with Gasteiger partial charge in [0.25, 0.3) is 0 Å². The number of rotatable bonds is 2. The molecule has 0 aliphatic heterocycles. The Labute approximate surface area is 99.9 Å². The van der Waals surface area contributed by atoms with Crippen LogP contribution in [0, 0.1) is 5.92 Å². The zero-order chi connectivity index (χ0) is 11.9. The van der Waals surface area contributed by atoms with Crippen LogP contribution in [0.15, 0.2) is 42.5 Å². The van der Waals surface area contributed by atoms with Crippen molar-refractivity contribution in [3.8, 4) is 0 Å². The topological polar surface area (TPSA) is 37.3 Å². The van der Waals surface area contributed by atoms with Gasteiger partial charge >= 0.3 is 0 Å². The van der Waals surface area contributed by atoms with Crippen LogP contribution in [0.5, 0.6) is 0 Å². The Morgan fingerprint density at radius 2 is 1.82 bits per heavy atom. The summed E-state index contributed by atoms with van der Waals surface area (Å²) in [5.74, 6) is 0.0199. The fourth-order valence-corrected chi connectivity index (χ4v) is 2.62. The van der Waals surface area contributed by atoms with Gasteiger partial charge in [-0.15, -0.1) is 0 Å². The third-order valence-electron chi connectivity index (χ3n) is 3.68. The lowest BCUT2D eigenvalue weighted by Crippen LogP contribution is -2.41. The number of carbonyl (C=O) groups excluding carboxylic acids is 1. The summed E-state index contributed by atoms with van der Waals surface area (Å²) in [6.07, 6.45) is 2.04. The van der Waals surface area contributed by atoms with Gasteiger partial charge in [-0.3, -0.25) is 0 Å². The van der Waals surface area contributed by atoms with Crippen LogP contribution in [0.25, 0.3) is 10.8 Å². The van der Waals surface area contributed by atoms with Crippen molar-refractivity contribution in [3.05, 3.63) is 48.0 Å². The van der Waals surface area contributed by atoms with Gasteiger partial charge in [-0.25, -0.2) is 0 Å². The Bertz CT molecular complexity index is 568. The second-order valence-electron chi connectivity index (χ2n) is 4.90. The first-order chi connectivity index (χ1) is 8.21. The Balaban J connectivity index is 1.99. The lowest BCUT2D eigenvalue weighted by Gasteiger charge is -2.41. The van der Waals surface area contributed by atoms with Crippen LogP contribution < -0.4 is 0 Å². The van der Waals surface area contributed by atoms with Gasteiger partial charge in [-0.1, -0.05) is 36.4 Å². The Morgan fingerprint density at radius 3 is 2.53 bits per heavy atom. The van der Waals surface area contributed by atoms with E-state index in [1.54, 1.807) is 0 Å². The third-order valence-corrected chi connectivity index (χ3v) is 3.68. The van der Waals surface area contributed by atoms with Gasteiger partial charge in [0.15, 0.2) is 0 Å². The van der Waals surface area contributed by atoms with E-state index in [4.69, 9.17) is 0 Å². The maximum atomic E-state index is 10.6. The van der Waals surface area contributed by atoms with Crippen molar-refractivity contribution >= 4 is 17.1 Å². The van der Waals surface area contributed by atoms with Crippen LogP contribution in [-0.2, 0) is 10.4 Å². The summed E-state index contributed by atoms with van der Waals surface area (Å²) >= 11 is 0. The van der Waals surface area contributed by atoms with E-state index in [9.17, 15) is 9.90 Å². The molecule has 1 saturated carbocycles. The van der Waals surface area contributed by atoms with Gasteiger partial charge in [0.1, 0.15) is 6.29 Å². The molecule has 2 aromatic carbocycles. The van der Waals surface area contributed by atoms with Crippen molar-refractivity contribution in [1.82, 2.24) is 0 Å². The SMILES string of the molecule is O=CC1CC(O)(c2ccc3ccccc3c2)C1. The quantitative estimate of drug-likeness (QED) is 0.799. The average molecular weight is 226 g/mol.